The molecule has 0 aromatic carbocycles. The Morgan fingerprint density at radius 2 is 2.33 bits per heavy atom. The summed E-state index contributed by atoms with van der Waals surface area (Å²) in [6.45, 7) is 0.841. The second kappa shape index (κ2) is 2.81. The zero-order chi connectivity index (χ0) is 8.55. The molecule has 0 N–H and O–H groups in total. The van der Waals surface area contributed by atoms with Gasteiger partial charge in [0, 0.05) is 6.54 Å². The van der Waals surface area contributed by atoms with E-state index in [2.05, 4.69) is 12.2 Å². The van der Waals surface area contributed by atoms with Crippen LogP contribution < -0.4 is 0 Å². The number of carbonyl (C=O) groups excluding carboxylic acids is 1. The molecular weight excluding hydrogens is 154 g/mol. The molecule has 2 unspecified atom stereocenters. The molecule has 1 amide bonds. The van der Waals surface area contributed by atoms with Crippen LogP contribution in [0.1, 0.15) is 12.8 Å². The van der Waals surface area contributed by atoms with Gasteiger partial charge in [0.05, 0.1) is 13.2 Å². The Kier molecular flexibility index (Phi) is 1.79. The molecule has 3 aliphatic rings. The summed E-state index contributed by atoms with van der Waals surface area (Å²) < 4.78 is 4.70. The molecule has 66 valence electrons. The Hall–Kier alpha value is -0.990. The summed E-state index contributed by atoms with van der Waals surface area (Å²) in [7, 11) is 1.44. The smallest absolute Gasteiger partial charge is 0.409 e. The number of fused-ring (bicyclic) bond motifs is 2. The first kappa shape index (κ1) is 7.65. The predicted molar refractivity (Wildman–Crippen MR) is 44.8 cm³/mol. The van der Waals surface area contributed by atoms with Crippen LogP contribution in [0.3, 0.4) is 0 Å². The lowest BCUT2D eigenvalue weighted by Crippen LogP contribution is -2.48. The molecule has 3 heteroatoms. The Bertz CT molecular complexity index is 225. The fraction of sp³-hybridized carbons (Fsp3) is 0.667. The summed E-state index contributed by atoms with van der Waals surface area (Å²) in [6.07, 6.45) is 6.46. The Morgan fingerprint density at radius 3 is 2.75 bits per heavy atom. The van der Waals surface area contributed by atoms with Gasteiger partial charge in [0.2, 0.25) is 0 Å². The van der Waals surface area contributed by atoms with Gasteiger partial charge in [0.1, 0.15) is 0 Å². The van der Waals surface area contributed by atoms with E-state index in [-0.39, 0.29) is 6.09 Å². The molecule has 0 saturated carbocycles. The maximum Gasteiger partial charge on any atom is 0.409 e. The summed E-state index contributed by atoms with van der Waals surface area (Å²) >= 11 is 0. The Morgan fingerprint density at radius 1 is 1.50 bits per heavy atom. The van der Waals surface area contributed by atoms with Gasteiger partial charge in [-0.05, 0) is 18.8 Å². The maximum atomic E-state index is 11.2. The average molecular weight is 167 g/mol. The van der Waals surface area contributed by atoms with E-state index >= 15 is 0 Å². The lowest BCUT2D eigenvalue weighted by molar-refractivity contribution is 0.0863. The zero-order valence-corrected chi connectivity index (χ0v) is 7.19. The molecule has 1 fully saturated rings. The van der Waals surface area contributed by atoms with E-state index in [1.165, 1.54) is 13.5 Å². The van der Waals surface area contributed by atoms with Crippen LogP contribution in [0.25, 0.3) is 0 Å². The van der Waals surface area contributed by atoms with E-state index in [1.807, 2.05) is 4.90 Å². The minimum Gasteiger partial charge on any atom is -0.453 e. The minimum absolute atomic E-state index is 0.186. The molecule has 1 saturated heterocycles. The largest absolute Gasteiger partial charge is 0.453 e. The topological polar surface area (TPSA) is 29.5 Å². The monoisotopic (exact) mass is 167 g/mol. The highest BCUT2D eigenvalue weighted by Crippen LogP contribution is 2.29. The van der Waals surface area contributed by atoms with Gasteiger partial charge in [0.25, 0.3) is 0 Å². The van der Waals surface area contributed by atoms with Gasteiger partial charge in [0.15, 0.2) is 0 Å². The molecule has 0 spiro atoms. The SMILES string of the molecule is COC(=O)N1CC2C=CC1CC2. The van der Waals surface area contributed by atoms with Crippen molar-refractivity contribution in [1.29, 1.82) is 0 Å². The van der Waals surface area contributed by atoms with Gasteiger partial charge in [-0.15, -0.1) is 0 Å². The third-order valence-electron chi connectivity index (χ3n) is 2.68. The fourth-order valence-corrected chi connectivity index (χ4v) is 1.99. The molecule has 0 radical (unpaired) electrons. The Balaban J connectivity index is 2.11. The van der Waals surface area contributed by atoms with Crippen molar-refractivity contribution < 1.29 is 9.53 Å². The molecule has 2 atom stereocenters. The molecule has 0 aromatic rings. The van der Waals surface area contributed by atoms with Crippen LogP contribution in [0, 0.1) is 5.92 Å². The molecule has 2 bridgehead atoms. The minimum atomic E-state index is -0.186. The fourth-order valence-electron chi connectivity index (χ4n) is 1.99. The van der Waals surface area contributed by atoms with Gasteiger partial charge in [-0.2, -0.15) is 0 Å². The van der Waals surface area contributed by atoms with Gasteiger partial charge in [-0.1, -0.05) is 12.2 Å². The number of piperidine rings is 1. The second-order valence-electron chi connectivity index (χ2n) is 3.41. The average Bonchev–Trinajstić information content (AvgIpc) is 2.18. The zero-order valence-electron chi connectivity index (χ0n) is 7.19. The van der Waals surface area contributed by atoms with Crippen molar-refractivity contribution in [3.8, 4) is 0 Å². The van der Waals surface area contributed by atoms with Gasteiger partial charge < -0.3 is 9.64 Å². The molecular formula is C9H13NO2. The summed E-state index contributed by atoms with van der Waals surface area (Å²) in [6, 6.07) is 0.294. The lowest BCUT2D eigenvalue weighted by Gasteiger charge is -2.40. The first-order valence-corrected chi connectivity index (χ1v) is 4.34. The highest BCUT2D eigenvalue weighted by Gasteiger charge is 2.33. The molecule has 2 aliphatic heterocycles. The van der Waals surface area contributed by atoms with Crippen molar-refractivity contribution in [3.05, 3.63) is 12.2 Å². The Labute approximate surface area is 72.0 Å². The van der Waals surface area contributed by atoms with E-state index in [1.54, 1.807) is 0 Å². The second-order valence-corrected chi connectivity index (χ2v) is 3.41. The van der Waals surface area contributed by atoms with E-state index in [0.717, 1.165) is 13.0 Å². The molecule has 1 aliphatic carbocycles. The summed E-state index contributed by atoms with van der Waals surface area (Å²) in [5, 5.41) is 0. The number of rotatable bonds is 0. The predicted octanol–water partition coefficient (Wildman–Crippen LogP) is 1.40. The summed E-state index contributed by atoms with van der Waals surface area (Å²) in [5.74, 6) is 0.564. The lowest BCUT2D eigenvalue weighted by atomic mass is 9.86. The van der Waals surface area contributed by atoms with Crippen LogP contribution in [0.4, 0.5) is 4.79 Å². The third kappa shape index (κ3) is 1.09. The van der Waals surface area contributed by atoms with Crippen molar-refractivity contribution in [2.75, 3.05) is 13.7 Å². The molecule has 12 heavy (non-hydrogen) atoms. The maximum absolute atomic E-state index is 11.2. The molecule has 3 rings (SSSR count). The first-order valence-electron chi connectivity index (χ1n) is 4.34. The van der Waals surface area contributed by atoms with Gasteiger partial charge >= 0.3 is 6.09 Å². The number of methoxy groups -OCH3 is 1. The standard InChI is InChI=1S/C9H13NO2/c1-12-9(11)10-6-7-2-4-8(10)5-3-7/h2,4,7-8H,3,5-6H2,1H3. The molecule has 2 heterocycles. The van der Waals surface area contributed by atoms with Gasteiger partial charge in [-0.25, -0.2) is 4.79 Å². The van der Waals surface area contributed by atoms with Crippen molar-refractivity contribution in [1.82, 2.24) is 4.90 Å². The van der Waals surface area contributed by atoms with Crippen LogP contribution in [0.15, 0.2) is 12.2 Å². The van der Waals surface area contributed by atoms with Crippen molar-refractivity contribution in [2.45, 2.75) is 18.9 Å². The number of carbonyl (C=O) groups is 1. The van der Waals surface area contributed by atoms with E-state index in [4.69, 9.17) is 4.74 Å². The highest BCUT2D eigenvalue weighted by molar-refractivity contribution is 5.68. The normalized spacial score (nSPS) is 32.2. The first-order chi connectivity index (χ1) is 5.81. The number of hydrogen-bond acceptors (Lipinski definition) is 2. The van der Waals surface area contributed by atoms with Crippen LogP contribution in [-0.2, 0) is 4.74 Å². The van der Waals surface area contributed by atoms with E-state index < -0.39 is 0 Å². The number of ether oxygens (including phenoxy) is 1. The third-order valence-corrected chi connectivity index (χ3v) is 2.68. The summed E-state index contributed by atoms with van der Waals surface area (Å²) in [5.41, 5.74) is 0. The number of amides is 1. The van der Waals surface area contributed by atoms with Crippen molar-refractivity contribution in [2.24, 2.45) is 5.92 Å². The van der Waals surface area contributed by atoms with Gasteiger partial charge in [-0.3, -0.25) is 0 Å². The van der Waals surface area contributed by atoms with Crippen molar-refractivity contribution in [3.63, 3.8) is 0 Å². The van der Waals surface area contributed by atoms with Crippen LogP contribution in [0.5, 0.6) is 0 Å². The number of nitrogens with zero attached hydrogens (tertiary/aromatic N) is 1. The van der Waals surface area contributed by atoms with Crippen LogP contribution in [0.2, 0.25) is 0 Å². The van der Waals surface area contributed by atoms with E-state index in [0.29, 0.717) is 12.0 Å². The number of hydrogen-bond donors (Lipinski definition) is 0. The summed E-state index contributed by atoms with van der Waals surface area (Å²) in [4.78, 5) is 13.0. The quantitative estimate of drug-likeness (QED) is 0.510. The molecule has 3 nitrogen and oxygen atoms in total. The van der Waals surface area contributed by atoms with Crippen molar-refractivity contribution >= 4 is 6.09 Å². The van der Waals surface area contributed by atoms with E-state index in [9.17, 15) is 4.79 Å². The van der Waals surface area contributed by atoms with Crippen LogP contribution in [-0.4, -0.2) is 30.7 Å². The highest BCUT2D eigenvalue weighted by atomic mass is 16.5. The molecule has 0 aromatic heterocycles. The van der Waals surface area contributed by atoms with Crippen LogP contribution >= 0.6 is 0 Å².